The van der Waals surface area contributed by atoms with E-state index in [1.807, 2.05) is 12.2 Å². The van der Waals surface area contributed by atoms with E-state index < -0.39 is 0 Å². The van der Waals surface area contributed by atoms with Crippen molar-refractivity contribution in [3.05, 3.63) is 170 Å². The van der Waals surface area contributed by atoms with Crippen LogP contribution in [0, 0.1) is 0 Å². The highest BCUT2D eigenvalue weighted by molar-refractivity contribution is 6.08. The predicted octanol–water partition coefficient (Wildman–Crippen LogP) is 10.6. The number of likely N-dealkylation sites (N-methyl/N-ethyl adjacent to an activating group) is 1. The largest absolute Gasteiger partial charge is 0.347 e. The minimum absolute atomic E-state index is 0.136. The lowest BCUT2D eigenvalue weighted by molar-refractivity contribution is -0.401. The van der Waals surface area contributed by atoms with Crippen LogP contribution in [0.4, 0.5) is 11.4 Å². The van der Waals surface area contributed by atoms with E-state index in [0.29, 0.717) is 0 Å². The number of nitrogens with zero attached hydrogens (tertiary/aromatic N) is 2. The van der Waals surface area contributed by atoms with Crippen molar-refractivity contribution in [1.82, 2.24) is 0 Å². The Balaban J connectivity index is 1.19. The number of hydrogen-bond donors (Lipinski definition) is 0. The predicted molar refractivity (Wildman–Crippen MR) is 196 cm³/mol. The highest BCUT2D eigenvalue weighted by Gasteiger charge is 2.47. The van der Waals surface area contributed by atoms with Crippen molar-refractivity contribution >= 4 is 38.6 Å². The molecule has 0 aliphatic carbocycles. The zero-order valence-corrected chi connectivity index (χ0v) is 27.0. The van der Waals surface area contributed by atoms with Gasteiger partial charge in [-0.15, -0.1) is 13.2 Å². The van der Waals surface area contributed by atoms with E-state index in [2.05, 4.69) is 178 Å². The first-order valence-corrected chi connectivity index (χ1v) is 15.8. The molecule has 0 radical (unpaired) electrons. The van der Waals surface area contributed by atoms with Crippen molar-refractivity contribution in [2.45, 2.75) is 37.5 Å². The first kappa shape index (κ1) is 30.1. The molecule has 0 N–H and O–H groups in total. The number of benzene rings is 4. The van der Waals surface area contributed by atoms with Crippen LogP contribution in [0.2, 0.25) is 0 Å². The molecule has 224 valence electrons. The summed E-state index contributed by atoms with van der Waals surface area (Å²) in [4.78, 5) is 2.34. The van der Waals surface area contributed by atoms with Crippen LogP contribution in [0.3, 0.4) is 0 Å². The summed E-state index contributed by atoms with van der Waals surface area (Å²) in [6.07, 6.45) is 25.1. The quantitative estimate of drug-likeness (QED) is 0.107. The Morgan fingerprint density at radius 1 is 0.667 bits per heavy atom. The molecule has 2 nitrogen and oxygen atoms in total. The van der Waals surface area contributed by atoms with E-state index in [-0.39, 0.29) is 10.8 Å². The van der Waals surface area contributed by atoms with Gasteiger partial charge in [0.15, 0.2) is 5.71 Å². The molecule has 45 heavy (non-hydrogen) atoms. The van der Waals surface area contributed by atoms with Gasteiger partial charge in [-0.2, -0.15) is 4.58 Å². The minimum atomic E-state index is -0.136. The molecule has 0 fully saturated rings. The molecular weight excluding hydrogens is 544 g/mol. The molecule has 2 unspecified atom stereocenters. The van der Waals surface area contributed by atoms with Crippen LogP contribution in [0.5, 0.6) is 0 Å². The summed E-state index contributed by atoms with van der Waals surface area (Å²) in [5.74, 6) is 0. The van der Waals surface area contributed by atoms with Gasteiger partial charge in [0.05, 0.1) is 5.41 Å². The molecule has 0 saturated heterocycles. The smallest absolute Gasteiger partial charge is 0.210 e. The number of anilines is 1. The van der Waals surface area contributed by atoms with Crippen molar-refractivity contribution in [2.75, 3.05) is 19.0 Å². The van der Waals surface area contributed by atoms with Crippen LogP contribution in [0.15, 0.2) is 158 Å². The molecule has 2 heterocycles. The lowest BCUT2D eigenvalue weighted by Crippen LogP contribution is -2.30. The molecule has 2 heteroatoms. The third kappa shape index (κ3) is 5.05. The molecule has 0 aromatic heterocycles. The Labute approximate surface area is 268 Å². The Hall–Kier alpha value is -4.95. The fraction of sp³-hybridized carbons (Fsp3) is 0.186. The normalized spacial score (nSPS) is 22.3. The zero-order chi connectivity index (χ0) is 31.6. The fourth-order valence-corrected chi connectivity index (χ4v) is 7.69. The number of fused-ring (bicyclic) bond motifs is 6. The first-order valence-electron chi connectivity index (χ1n) is 15.8. The third-order valence-electron chi connectivity index (χ3n) is 9.77. The summed E-state index contributed by atoms with van der Waals surface area (Å²) < 4.78 is 2.34. The van der Waals surface area contributed by atoms with Crippen LogP contribution in [-0.4, -0.2) is 24.4 Å². The first-order chi connectivity index (χ1) is 21.8. The molecule has 0 amide bonds. The molecule has 0 saturated carbocycles. The molecule has 2 aliphatic heterocycles. The van der Waals surface area contributed by atoms with Gasteiger partial charge in [-0.3, -0.25) is 0 Å². The molecule has 2 atom stereocenters. The average molecular weight is 588 g/mol. The van der Waals surface area contributed by atoms with E-state index in [1.165, 1.54) is 55.5 Å². The van der Waals surface area contributed by atoms with Gasteiger partial charge in [-0.1, -0.05) is 109 Å². The maximum atomic E-state index is 4.10. The van der Waals surface area contributed by atoms with Gasteiger partial charge in [-0.25, -0.2) is 0 Å². The summed E-state index contributed by atoms with van der Waals surface area (Å²) >= 11 is 0. The van der Waals surface area contributed by atoms with E-state index in [9.17, 15) is 0 Å². The Kier molecular flexibility index (Phi) is 8.16. The summed E-state index contributed by atoms with van der Waals surface area (Å²) in [6, 6.07) is 26.3. The van der Waals surface area contributed by atoms with Gasteiger partial charge in [-0.05, 0) is 72.0 Å². The van der Waals surface area contributed by atoms with E-state index in [1.54, 1.807) is 0 Å². The van der Waals surface area contributed by atoms with Crippen molar-refractivity contribution in [2.24, 2.45) is 0 Å². The molecule has 4 aromatic carbocycles. The van der Waals surface area contributed by atoms with Gasteiger partial charge in [0, 0.05) is 41.6 Å². The van der Waals surface area contributed by atoms with Crippen LogP contribution < -0.4 is 4.90 Å². The van der Waals surface area contributed by atoms with Gasteiger partial charge >= 0.3 is 0 Å². The second-order valence-electron chi connectivity index (χ2n) is 12.6. The van der Waals surface area contributed by atoms with Crippen LogP contribution in [-0.2, 0) is 10.8 Å². The second-order valence-corrected chi connectivity index (χ2v) is 12.6. The fourth-order valence-electron chi connectivity index (χ4n) is 7.69. The van der Waals surface area contributed by atoms with Crippen molar-refractivity contribution < 1.29 is 4.58 Å². The number of hydrogen-bond acceptors (Lipinski definition) is 1. The van der Waals surface area contributed by atoms with Crippen LogP contribution in [0.1, 0.15) is 37.8 Å². The minimum Gasteiger partial charge on any atom is -0.347 e. The highest BCUT2D eigenvalue weighted by atomic mass is 15.2. The van der Waals surface area contributed by atoms with E-state index in [0.717, 1.165) is 12.8 Å². The second kappa shape index (κ2) is 12.2. The molecule has 6 rings (SSSR count). The third-order valence-corrected chi connectivity index (χ3v) is 9.77. The maximum Gasteiger partial charge on any atom is 0.210 e. The van der Waals surface area contributed by atoms with Gasteiger partial charge in [0.1, 0.15) is 7.05 Å². The number of allylic oxidation sites excluding steroid dienone is 12. The zero-order valence-electron chi connectivity index (χ0n) is 27.0. The maximum absolute atomic E-state index is 4.10. The van der Waals surface area contributed by atoms with Crippen molar-refractivity contribution in [1.29, 1.82) is 0 Å². The highest BCUT2D eigenvalue weighted by Crippen LogP contribution is 2.52. The number of rotatable bonds is 9. The van der Waals surface area contributed by atoms with Gasteiger partial charge in [0.25, 0.3) is 0 Å². The van der Waals surface area contributed by atoms with Gasteiger partial charge in [0.2, 0.25) is 5.69 Å². The topological polar surface area (TPSA) is 6.25 Å². The van der Waals surface area contributed by atoms with E-state index in [4.69, 9.17) is 0 Å². The SMILES string of the molecule is C=CCC1(C)C(/C=C/C=C/C=C/C=C/C=C2/N(C)c3ccc4ccccc4c3C2(C)CC=C)=[N+](C)c2ccc3ccccc3c21. The molecule has 0 bridgehead atoms. The van der Waals surface area contributed by atoms with E-state index >= 15 is 0 Å². The standard InChI is InChI=1S/C43H43N2/c1-7-30-42(3)38(44(5)36-28-26-32-20-16-18-22-34(32)40(36)42)24-14-12-10-9-11-13-15-25-39-43(4,31-8-2)41-35-23-19-17-21-33(35)27-29-37(41)45(39)6/h7-29H,1-2,30-31H2,3-6H3/q+1. The molecule has 2 aliphatic rings. The Morgan fingerprint density at radius 2 is 1.22 bits per heavy atom. The summed E-state index contributed by atoms with van der Waals surface area (Å²) in [5.41, 5.74) is 7.61. The monoisotopic (exact) mass is 587 g/mol. The van der Waals surface area contributed by atoms with Crippen LogP contribution in [0.25, 0.3) is 21.5 Å². The lowest BCUT2D eigenvalue weighted by atomic mass is 9.74. The lowest BCUT2D eigenvalue weighted by Gasteiger charge is -2.28. The Morgan fingerprint density at radius 3 is 1.89 bits per heavy atom. The van der Waals surface area contributed by atoms with Crippen molar-refractivity contribution in [3.63, 3.8) is 0 Å². The molecule has 4 aromatic rings. The summed E-state index contributed by atoms with van der Waals surface area (Å²) in [7, 11) is 4.35. The Bertz CT molecular complexity index is 2000. The van der Waals surface area contributed by atoms with Crippen LogP contribution >= 0.6 is 0 Å². The van der Waals surface area contributed by atoms with Crippen molar-refractivity contribution in [3.8, 4) is 0 Å². The summed E-state index contributed by atoms with van der Waals surface area (Å²) in [6.45, 7) is 12.9. The molecule has 0 spiro atoms. The summed E-state index contributed by atoms with van der Waals surface area (Å²) in [5, 5.41) is 5.20. The average Bonchev–Trinajstić information content (AvgIpc) is 3.39. The molecular formula is C43H43N2+. The van der Waals surface area contributed by atoms with Gasteiger partial charge < -0.3 is 4.90 Å².